The van der Waals surface area contributed by atoms with Gasteiger partial charge in [-0.3, -0.25) is 0 Å². The summed E-state index contributed by atoms with van der Waals surface area (Å²) in [4.78, 5) is 0. The first-order valence-electron chi connectivity index (χ1n) is 16.7. The van der Waals surface area contributed by atoms with Crippen LogP contribution in [0.5, 0.6) is 0 Å². The first kappa shape index (κ1) is 26.6. The van der Waals surface area contributed by atoms with Crippen LogP contribution in [0.4, 0.5) is 0 Å². The van der Waals surface area contributed by atoms with Crippen LogP contribution in [0.3, 0.4) is 0 Å². The molecule has 5 rings (SSSR count). The summed E-state index contributed by atoms with van der Waals surface area (Å²) in [6.07, 6.45) is 29.3. The number of rotatable bonds is 4. The fraction of sp³-hybridized carbons (Fsp3) is 1.00. The predicted molar refractivity (Wildman–Crippen MR) is 152 cm³/mol. The maximum atomic E-state index is 2.82. The highest BCUT2D eigenvalue weighted by atomic mass is 14.7. The van der Waals surface area contributed by atoms with Crippen LogP contribution in [0.2, 0.25) is 0 Å². The van der Waals surface area contributed by atoms with Crippen LogP contribution in [0.1, 0.15) is 164 Å². The minimum Gasteiger partial charge on any atom is -0.0625 e. The van der Waals surface area contributed by atoms with E-state index in [0.717, 1.165) is 35.5 Å². The average Bonchev–Trinajstić information content (AvgIpc) is 3.36. The van der Waals surface area contributed by atoms with Crippen LogP contribution < -0.4 is 0 Å². The van der Waals surface area contributed by atoms with Crippen molar-refractivity contribution in [3.05, 3.63) is 0 Å². The molecule has 35 heavy (non-hydrogen) atoms. The minimum atomic E-state index is 0.530. The highest BCUT2D eigenvalue weighted by Gasteiger charge is 2.70. The van der Waals surface area contributed by atoms with Crippen LogP contribution in [0, 0.1) is 57.2 Å². The van der Waals surface area contributed by atoms with Crippen molar-refractivity contribution in [1.82, 2.24) is 0 Å². The molecule has 0 heterocycles. The first-order valence-corrected chi connectivity index (χ1v) is 16.7. The Morgan fingerprint density at radius 3 is 1.89 bits per heavy atom. The summed E-state index contributed by atoms with van der Waals surface area (Å²) in [5.74, 6) is 5.67. The Balaban J connectivity index is 1.74. The Morgan fingerprint density at radius 1 is 0.571 bits per heavy atom. The lowest BCUT2D eigenvalue weighted by Crippen LogP contribution is -2.67. The summed E-state index contributed by atoms with van der Waals surface area (Å²) in [6, 6.07) is 0. The van der Waals surface area contributed by atoms with Crippen LogP contribution >= 0.6 is 0 Å². The van der Waals surface area contributed by atoms with Gasteiger partial charge in [-0.25, -0.2) is 0 Å². The maximum Gasteiger partial charge on any atom is -0.0151 e. The molecule has 0 heteroatoms. The van der Waals surface area contributed by atoms with E-state index in [9.17, 15) is 0 Å². The fourth-order valence-corrected chi connectivity index (χ4v) is 13.1. The van der Waals surface area contributed by atoms with Gasteiger partial charge in [0, 0.05) is 0 Å². The molecule has 0 aromatic heterocycles. The van der Waals surface area contributed by atoms with Gasteiger partial charge in [0.1, 0.15) is 0 Å². The molecule has 5 aliphatic rings. The van der Waals surface area contributed by atoms with Gasteiger partial charge in [-0.2, -0.15) is 0 Å². The molecule has 0 amide bonds. The van der Waals surface area contributed by atoms with Gasteiger partial charge in [0.2, 0.25) is 0 Å². The molecule has 0 spiro atoms. The Bertz CT molecular complexity index is 706. The molecule has 0 aromatic carbocycles. The van der Waals surface area contributed by atoms with Crippen molar-refractivity contribution in [2.45, 2.75) is 164 Å². The zero-order valence-corrected chi connectivity index (χ0v) is 24.9. The third kappa shape index (κ3) is 4.11. The van der Waals surface area contributed by atoms with Crippen LogP contribution in [0.15, 0.2) is 0 Å². The third-order valence-corrected chi connectivity index (χ3v) is 13.9. The first-order chi connectivity index (χ1) is 16.7. The Labute approximate surface area is 220 Å². The smallest absolute Gasteiger partial charge is 0.0151 e. The van der Waals surface area contributed by atoms with Crippen molar-refractivity contribution >= 4 is 0 Å². The molecule has 0 nitrogen and oxygen atoms in total. The zero-order valence-electron chi connectivity index (χ0n) is 24.9. The second-order valence-electron chi connectivity index (χ2n) is 16.1. The van der Waals surface area contributed by atoms with E-state index in [4.69, 9.17) is 0 Å². The van der Waals surface area contributed by atoms with Gasteiger partial charge in [-0.15, -0.1) is 0 Å². The van der Waals surface area contributed by atoms with Crippen LogP contribution in [-0.2, 0) is 0 Å². The van der Waals surface area contributed by atoms with E-state index in [0.29, 0.717) is 21.7 Å². The van der Waals surface area contributed by atoms with Crippen molar-refractivity contribution in [3.63, 3.8) is 0 Å². The highest BCUT2D eigenvalue weighted by Crippen LogP contribution is 2.77. The van der Waals surface area contributed by atoms with E-state index in [1.807, 2.05) is 0 Å². The second kappa shape index (κ2) is 9.95. The molecule has 5 fully saturated rings. The molecule has 0 aromatic rings. The number of hydrogen-bond acceptors (Lipinski definition) is 0. The molecule has 0 bridgehead atoms. The summed E-state index contributed by atoms with van der Waals surface area (Å²) in [5, 5.41) is 0. The van der Waals surface area contributed by atoms with Gasteiger partial charge >= 0.3 is 0 Å². The highest BCUT2D eigenvalue weighted by molar-refractivity contribution is 5.18. The summed E-state index contributed by atoms with van der Waals surface area (Å²) in [5.41, 5.74) is 2.36. The van der Waals surface area contributed by atoms with E-state index < -0.39 is 0 Å². The van der Waals surface area contributed by atoms with Gasteiger partial charge in [-0.05, 0) is 115 Å². The molecule has 7 unspecified atom stereocenters. The lowest BCUT2D eigenvalue weighted by molar-refractivity contribution is -0.255. The van der Waals surface area contributed by atoms with Gasteiger partial charge in [0.05, 0.1) is 0 Å². The van der Waals surface area contributed by atoms with E-state index in [1.54, 1.807) is 38.5 Å². The number of hydrogen-bond donors (Lipinski definition) is 0. The Kier molecular flexibility index (Phi) is 7.56. The van der Waals surface area contributed by atoms with Crippen molar-refractivity contribution in [2.24, 2.45) is 57.2 Å². The summed E-state index contributed by atoms with van der Waals surface area (Å²) in [7, 11) is 0. The third-order valence-electron chi connectivity index (χ3n) is 13.9. The van der Waals surface area contributed by atoms with Crippen molar-refractivity contribution < 1.29 is 0 Å². The molecular weight excluding hydrogens is 420 g/mol. The zero-order chi connectivity index (χ0) is 24.9. The van der Waals surface area contributed by atoms with Crippen molar-refractivity contribution in [3.8, 4) is 0 Å². The Hall–Kier alpha value is 0. The van der Waals surface area contributed by atoms with E-state index in [1.165, 1.54) is 83.5 Å². The molecule has 0 N–H and O–H groups in total. The lowest BCUT2D eigenvalue weighted by atomic mass is 9.30. The van der Waals surface area contributed by atoms with E-state index in [2.05, 4.69) is 41.5 Å². The molecule has 5 saturated carbocycles. The average molecular weight is 483 g/mol. The summed E-state index contributed by atoms with van der Waals surface area (Å²) >= 11 is 0. The quantitative estimate of drug-likeness (QED) is 0.373. The van der Waals surface area contributed by atoms with E-state index >= 15 is 0 Å². The monoisotopic (exact) mass is 482 g/mol. The van der Waals surface area contributed by atoms with Crippen molar-refractivity contribution in [1.29, 1.82) is 0 Å². The lowest BCUT2D eigenvalue weighted by Gasteiger charge is -2.74. The van der Waals surface area contributed by atoms with E-state index in [-0.39, 0.29) is 0 Å². The van der Waals surface area contributed by atoms with Crippen LogP contribution in [0.25, 0.3) is 0 Å². The second-order valence-corrected chi connectivity index (χ2v) is 16.1. The van der Waals surface area contributed by atoms with Gasteiger partial charge < -0.3 is 0 Å². The maximum absolute atomic E-state index is 2.82. The molecule has 0 saturated heterocycles. The predicted octanol–water partition coefficient (Wildman–Crippen LogP) is 11.2. The molecule has 202 valence electrons. The van der Waals surface area contributed by atoms with Crippen LogP contribution in [-0.4, -0.2) is 0 Å². The molecule has 7 atom stereocenters. The largest absolute Gasteiger partial charge is 0.0625 e. The Morgan fingerprint density at radius 2 is 1.23 bits per heavy atom. The van der Waals surface area contributed by atoms with Gasteiger partial charge in [0.15, 0.2) is 0 Å². The van der Waals surface area contributed by atoms with Crippen molar-refractivity contribution in [2.75, 3.05) is 0 Å². The standard InChI is InChI=1S/C35H62/c1-26-23-31(25-32(5,6)24-26)34(21-14-15-27(2)29(34)4)35(22-13-10-16-28(35)3)33(19-11-7-12-20-33)30-17-8-9-18-30/h26-31H,7-25H2,1-6H3. The van der Waals surface area contributed by atoms with Gasteiger partial charge in [0.25, 0.3) is 0 Å². The molecule has 0 radical (unpaired) electrons. The topological polar surface area (TPSA) is 0 Å². The SMILES string of the molecule is CC1CC(C2(C3(C4(C5CCCC5)CCCCC4)CCCCC3C)CCCC(C)C2C)CC(C)(C)C1. The molecular formula is C35H62. The van der Waals surface area contributed by atoms with Gasteiger partial charge in [-0.1, -0.05) is 106 Å². The minimum absolute atomic E-state index is 0.530. The summed E-state index contributed by atoms with van der Waals surface area (Å²) < 4.78 is 0. The molecule has 0 aliphatic heterocycles. The summed E-state index contributed by atoms with van der Waals surface area (Å²) in [6.45, 7) is 16.2. The molecule has 5 aliphatic carbocycles. The fourth-order valence-electron chi connectivity index (χ4n) is 13.1. The normalized spacial score (nSPS) is 47.0.